The smallest absolute Gasteiger partial charge is 0.318 e. The highest BCUT2D eigenvalue weighted by atomic mass is 32.2. The van der Waals surface area contributed by atoms with Crippen molar-refractivity contribution in [1.82, 2.24) is 4.31 Å². The second-order valence-corrected chi connectivity index (χ2v) is 5.60. The molecule has 0 aliphatic carbocycles. The van der Waals surface area contributed by atoms with E-state index in [1.54, 1.807) is 0 Å². The number of aliphatic carboxylic acids is 1. The van der Waals surface area contributed by atoms with Gasteiger partial charge in [0.2, 0.25) is 10.0 Å². The van der Waals surface area contributed by atoms with Gasteiger partial charge in [0.15, 0.2) is 0 Å². The van der Waals surface area contributed by atoms with Gasteiger partial charge >= 0.3 is 5.97 Å². The number of carbonyl (C=O) groups is 1. The van der Waals surface area contributed by atoms with Crippen molar-refractivity contribution in [3.8, 4) is 5.75 Å². The largest absolute Gasteiger partial charge is 0.494 e. The second kappa shape index (κ2) is 5.83. The molecule has 100 valence electrons. The van der Waals surface area contributed by atoms with Crippen molar-refractivity contribution < 1.29 is 23.1 Å². The molecule has 0 saturated heterocycles. The average Bonchev–Trinajstić information content (AvgIpc) is 2.29. The van der Waals surface area contributed by atoms with Crippen LogP contribution in [0.3, 0.4) is 0 Å². The van der Waals surface area contributed by atoms with Crippen molar-refractivity contribution in [3.05, 3.63) is 24.3 Å². The SMILES string of the molecule is CCOc1ccc(S(=O)(=O)N(C)CC(=O)O)cc1. The zero-order valence-corrected chi connectivity index (χ0v) is 11.0. The summed E-state index contributed by atoms with van der Waals surface area (Å²) in [5.41, 5.74) is 0. The number of carboxylic acids is 1. The van der Waals surface area contributed by atoms with Gasteiger partial charge in [0.1, 0.15) is 12.3 Å². The first-order valence-corrected chi connectivity index (χ1v) is 6.73. The molecule has 1 N–H and O–H groups in total. The summed E-state index contributed by atoms with van der Waals surface area (Å²) in [6.07, 6.45) is 0. The van der Waals surface area contributed by atoms with Crippen LogP contribution in [0.1, 0.15) is 6.92 Å². The van der Waals surface area contributed by atoms with Crippen LogP contribution >= 0.6 is 0 Å². The van der Waals surface area contributed by atoms with E-state index in [1.807, 2.05) is 6.92 Å². The maximum atomic E-state index is 12.0. The standard InChI is InChI=1S/C11H15NO5S/c1-3-17-9-4-6-10(7-5-9)18(15,16)12(2)8-11(13)14/h4-7H,3,8H2,1-2H3,(H,13,14). The van der Waals surface area contributed by atoms with Crippen molar-refractivity contribution in [1.29, 1.82) is 0 Å². The molecule has 0 aliphatic heterocycles. The topological polar surface area (TPSA) is 83.9 Å². The summed E-state index contributed by atoms with van der Waals surface area (Å²) in [5.74, 6) is -0.635. The number of nitrogens with zero attached hydrogens (tertiary/aromatic N) is 1. The molecule has 0 aromatic heterocycles. The molecule has 18 heavy (non-hydrogen) atoms. The van der Waals surface area contributed by atoms with E-state index in [9.17, 15) is 13.2 Å². The number of benzene rings is 1. The van der Waals surface area contributed by atoms with Gasteiger partial charge in [-0.1, -0.05) is 0 Å². The summed E-state index contributed by atoms with van der Waals surface area (Å²) >= 11 is 0. The number of hydrogen-bond acceptors (Lipinski definition) is 4. The Hall–Kier alpha value is -1.60. The van der Waals surface area contributed by atoms with E-state index in [2.05, 4.69) is 0 Å². The van der Waals surface area contributed by atoms with Crippen LogP contribution in [0.2, 0.25) is 0 Å². The predicted octanol–water partition coefficient (Wildman–Crippen LogP) is 0.790. The van der Waals surface area contributed by atoms with E-state index in [-0.39, 0.29) is 4.90 Å². The minimum absolute atomic E-state index is 0.0368. The quantitative estimate of drug-likeness (QED) is 0.828. The van der Waals surface area contributed by atoms with Crippen LogP contribution in [0, 0.1) is 0 Å². The molecule has 7 heteroatoms. The molecule has 0 fully saturated rings. The third kappa shape index (κ3) is 3.44. The summed E-state index contributed by atoms with van der Waals surface area (Å²) in [4.78, 5) is 10.5. The molecule has 0 bridgehead atoms. The molecule has 0 aliphatic rings. The van der Waals surface area contributed by atoms with Crippen LogP contribution in [-0.4, -0.2) is 44.0 Å². The minimum Gasteiger partial charge on any atom is -0.494 e. The van der Waals surface area contributed by atoms with Crippen LogP contribution in [0.25, 0.3) is 0 Å². The highest BCUT2D eigenvalue weighted by molar-refractivity contribution is 7.89. The highest BCUT2D eigenvalue weighted by Crippen LogP contribution is 2.18. The number of likely N-dealkylation sites (N-methyl/N-ethyl adjacent to an activating group) is 1. The Kier molecular flexibility index (Phi) is 4.69. The first-order valence-electron chi connectivity index (χ1n) is 5.29. The Labute approximate surface area is 106 Å². The first-order chi connectivity index (χ1) is 8.37. The average molecular weight is 273 g/mol. The van der Waals surface area contributed by atoms with E-state index in [4.69, 9.17) is 9.84 Å². The lowest BCUT2D eigenvalue weighted by molar-refractivity contribution is -0.137. The van der Waals surface area contributed by atoms with Crippen molar-refractivity contribution in [3.63, 3.8) is 0 Å². The number of hydrogen-bond donors (Lipinski definition) is 1. The molecule has 1 aromatic carbocycles. The van der Waals surface area contributed by atoms with E-state index < -0.39 is 22.5 Å². The molecule has 0 spiro atoms. The summed E-state index contributed by atoms with van der Waals surface area (Å²) in [6.45, 7) is 1.74. The van der Waals surface area contributed by atoms with Gasteiger partial charge in [0.25, 0.3) is 0 Å². The molecule has 0 radical (unpaired) electrons. The van der Waals surface area contributed by atoms with Crippen molar-refractivity contribution >= 4 is 16.0 Å². The van der Waals surface area contributed by atoms with Crippen LogP contribution in [0.5, 0.6) is 5.75 Å². The highest BCUT2D eigenvalue weighted by Gasteiger charge is 2.22. The molecule has 1 rings (SSSR count). The lowest BCUT2D eigenvalue weighted by Crippen LogP contribution is -2.31. The van der Waals surface area contributed by atoms with Gasteiger partial charge < -0.3 is 9.84 Å². The second-order valence-electron chi connectivity index (χ2n) is 3.56. The normalized spacial score (nSPS) is 11.5. The molecule has 0 heterocycles. The zero-order chi connectivity index (χ0) is 13.8. The van der Waals surface area contributed by atoms with Gasteiger partial charge in [-0.2, -0.15) is 4.31 Å². The molecular formula is C11H15NO5S. The fourth-order valence-corrected chi connectivity index (χ4v) is 2.45. The van der Waals surface area contributed by atoms with Gasteiger partial charge in [0, 0.05) is 7.05 Å². The maximum absolute atomic E-state index is 12.0. The van der Waals surface area contributed by atoms with Crippen molar-refractivity contribution in [2.75, 3.05) is 20.2 Å². The molecular weight excluding hydrogens is 258 g/mol. The van der Waals surface area contributed by atoms with E-state index >= 15 is 0 Å². The Morgan fingerprint density at radius 3 is 2.33 bits per heavy atom. The predicted molar refractivity (Wildman–Crippen MR) is 65.1 cm³/mol. The zero-order valence-electron chi connectivity index (χ0n) is 10.2. The minimum atomic E-state index is -3.77. The summed E-state index contributed by atoms with van der Waals surface area (Å²) in [6, 6.07) is 5.84. The number of ether oxygens (including phenoxy) is 1. The molecule has 0 amide bonds. The monoisotopic (exact) mass is 273 g/mol. The first kappa shape index (κ1) is 14.5. The summed E-state index contributed by atoms with van der Waals surface area (Å²) in [7, 11) is -2.55. The van der Waals surface area contributed by atoms with Gasteiger partial charge in [-0.15, -0.1) is 0 Å². The van der Waals surface area contributed by atoms with Crippen LogP contribution in [-0.2, 0) is 14.8 Å². The molecule has 6 nitrogen and oxygen atoms in total. The summed E-state index contributed by atoms with van der Waals surface area (Å²) < 4.78 is 29.9. The number of sulfonamides is 1. The van der Waals surface area contributed by atoms with Crippen molar-refractivity contribution in [2.45, 2.75) is 11.8 Å². The van der Waals surface area contributed by atoms with Crippen LogP contribution in [0.4, 0.5) is 0 Å². The number of carboxylic acid groups (broad SMARTS) is 1. The van der Waals surface area contributed by atoms with Gasteiger partial charge in [-0.25, -0.2) is 8.42 Å². The van der Waals surface area contributed by atoms with Crippen LogP contribution in [0.15, 0.2) is 29.2 Å². The lowest BCUT2D eigenvalue weighted by Gasteiger charge is -2.15. The maximum Gasteiger partial charge on any atom is 0.318 e. The Morgan fingerprint density at radius 2 is 1.89 bits per heavy atom. The van der Waals surface area contributed by atoms with Gasteiger partial charge in [-0.05, 0) is 31.2 Å². The Bertz CT molecular complexity index is 509. The fourth-order valence-electron chi connectivity index (χ4n) is 1.33. The Balaban J connectivity index is 2.94. The number of rotatable bonds is 6. The van der Waals surface area contributed by atoms with E-state index in [1.165, 1.54) is 31.3 Å². The third-order valence-electron chi connectivity index (χ3n) is 2.20. The molecule has 0 atom stereocenters. The molecule has 0 saturated carbocycles. The van der Waals surface area contributed by atoms with Crippen molar-refractivity contribution in [2.24, 2.45) is 0 Å². The Morgan fingerprint density at radius 1 is 1.33 bits per heavy atom. The third-order valence-corrected chi connectivity index (χ3v) is 4.02. The van der Waals surface area contributed by atoms with E-state index in [0.29, 0.717) is 12.4 Å². The lowest BCUT2D eigenvalue weighted by atomic mass is 10.3. The van der Waals surface area contributed by atoms with Gasteiger partial charge in [0.05, 0.1) is 11.5 Å². The molecule has 0 unspecified atom stereocenters. The fraction of sp³-hybridized carbons (Fsp3) is 0.364. The van der Waals surface area contributed by atoms with E-state index in [0.717, 1.165) is 4.31 Å². The molecule has 1 aromatic rings. The van der Waals surface area contributed by atoms with Gasteiger partial charge in [-0.3, -0.25) is 4.79 Å². The van der Waals surface area contributed by atoms with Crippen LogP contribution < -0.4 is 4.74 Å². The summed E-state index contributed by atoms with van der Waals surface area (Å²) in [5, 5.41) is 8.58.